The maximum atomic E-state index is 13.6. The maximum Gasteiger partial charge on any atom is 0.224 e. The molecule has 0 radical (unpaired) electrons. The van der Waals surface area contributed by atoms with Crippen LogP contribution in [-0.4, -0.2) is 21.7 Å². The fourth-order valence-corrected chi connectivity index (χ4v) is 5.28. The van der Waals surface area contributed by atoms with Gasteiger partial charge in [0.25, 0.3) is 0 Å². The minimum absolute atomic E-state index is 0.00117. The molecule has 2 aromatic heterocycles. The van der Waals surface area contributed by atoms with Gasteiger partial charge in [-0.1, -0.05) is 37.6 Å². The number of Topliss-reactive ketones (excluding diaryl/α,β-unsaturated/α-hetero) is 1. The molecule has 1 aliphatic heterocycles. The number of amides is 1. The minimum Gasteiger partial charge on any atom is -0.489 e. The van der Waals surface area contributed by atoms with E-state index in [1.165, 1.54) is 6.92 Å². The Labute approximate surface area is 215 Å². The van der Waals surface area contributed by atoms with E-state index in [9.17, 15) is 9.59 Å². The number of fused-ring (bicyclic) bond motifs is 1. The van der Waals surface area contributed by atoms with Crippen LogP contribution in [0.4, 0.5) is 11.4 Å². The highest BCUT2D eigenvalue weighted by Gasteiger charge is 2.43. The molecule has 1 unspecified atom stereocenters. The number of rotatable bonds is 4. The van der Waals surface area contributed by atoms with Crippen molar-refractivity contribution in [1.29, 1.82) is 0 Å². The second-order valence-electron chi connectivity index (χ2n) is 9.98. The number of aromatic nitrogens is 2. The van der Waals surface area contributed by atoms with Crippen LogP contribution in [0.3, 0.4) is 0 Å². The zero-order valence-electron chi connectivity index (χ0n) is 20.4. The largest absolute Gasteiger partial charge is 0.489 e. The fourth-order valence-electron chi connectivity index (χ4n) is 5.00. The topological polar surface area (TPSA) is 84.4 Å². The Morgan fingerprint density at radius 2 is 1.97 bits per heavy atom. The van der Waals surface area contributed by atoms with Gasteiger partial charge in [-0.25, -0.2) is 0 Å². The average molecular weight is 503 g/mol. The van der Waals surface area contributed by atoms with E-state index in [-0.39, 0.29) is 17.1 Å². The molecule has 1 aromatic carbocycles. The molecule has 0 fully saturated rings. The molecule has 3 aromatic rings. The molecule has 0 spiro atoms. The molecule has 0 saturated heterocycles. The maximum absolute atomic E-state index is 13.6. The summed E-state index contributed by atoms with van der Waals surface area (Å²) in [6.07, 6.45) is 7.82. The summed E-state index contributed by atoms with van der Waals surface area (Å²) in [5, 5.41) is 3.84. The smallest absolute Gasteiger partial charge is 0.224 e. The minimum atomic E-state index is -0.683. The van der Waals surface area contributed by atoms with Crippen LogP contribution < -0.4 is 15.0 Å². The first-order valence-corrected chi connectivity index (χ1v) is 12.2. The highest BCUT2D eigenvalue weighted by atomic mass is 35.5. The van der Waals surface area contributed by atoms with Gasteiger partial charge in [0.05, 0.1) is 23.6 Å². The number of pyridine rings is 2. The molecular weight excluding hydrogens is 476 g/mol. The third-order valence-corrected chi connectivity index (χ3v) is 6.86. The van der Waals surface area contributed by atoms with E-state index in [4.69, 9.17) is 16.3 Å². The Kier molecular flexibility index (Phi) is 6.26. The van der Waals surface area contributed by atoms with Gasteiger partial charge in [0, 0.05) is 53.8 Å². The lowest BCUT2D eigenvalue weighted by Gasteiger charge is -2.37. The van der Waals surface area contributed by atoms with Crippen molar-refractivity contribution in [2.75, 3.05) is 10.2 Å². The quantitative estimate of drug-likeness (QED) is 0.480. The number of carbonyl (C=O) groups is 2. The molecule has 0 bridgehead atoms. The lowest BCUT2D eigenvalue weighted by Crippen LogP contribution is -2.38. The van der Waals surface area contributed by atoms with Crippen molar-refractivity contribution >= 4 is 34.7 Å². The number of halogens is 1. The van der Waals surface area contributed by atoms with Crippen LogP contribution in [0, 0.1) is 5.41 Å². The predicted octanol–water partition coefficient (Wildman–Crippen LogP) is 5.87. The van der Waals surface area contributed by atoms with Crippen molar-refractivity contribution in [2.24, 2.45) is 5.41 Å². The standard InChI is InChI=1S/C28H27ClN4O3/c1-17(34)33-24-8-10-31-15-23(24)32-22-12-28(2,3)13-25(35)26(22)27(33)20-7-6-19(11-21(20)29)36-16-18-5-4-9-30-14-18/h4-11,14-15,27,32H,12-13,16H2,1-3H3. The zero-order chi connectivity index (χ0) is 25.4. The predicted molar refractivity (Wildman–Crippen MR) is 139 cm³/mol. The zero-order valence-corrected chi connectivity index (χ0v) is 21.2. The molecule has 7 nitrogen and oxygen atoms in total. The number of ketones is 1. The Morgan fingerprint density at radius 3 is 2.69 bits per heavy atom. The lowest BCUT2D eigenvalue weighted by molar-refractivity contribution is -0.118. The van der Waals surface area contributed by atoms with E-state index in [1.54, 1.807) is 41.8 Å². The van der Waals surface area contributed by atoms with Gasteiger partial charge in [0.2, 0.25) is 5.91 Å². The Bertz CT molecular complexity index is 1370. The third-order valence-electron chi connectivity index (χ3n) is 6.53. The Balaban J connectivity index is 1.60. The summed E-state index contributed by atoms with van der Waals surface area (Å²) in [5.41, 5.74) is 4.07. The van der Waals surface area contributed by atoms with Gasteiger partial charge in [0.15, 0.2) is 5.78 Å². The van der Waals surface area contributed by atoms with Gasteiger partial charge in [-0.3, -0.25) is 24.5 Å². The number of benzene rings is 1. The van der Waals surface area contributed by atoms with Crippen molar-refractivity contribution in [1.82, 2.24) is 9.97 Å². The molecule has 2 aliphatic rings. The molecule has 1 amide bonds. The van der Waals surface area contributed by atoms with E-state index in [2.05, 4.69) is 29.1 Å². The molecule has 8 heteroatoms. The first-order valence-electron chi connectivity index (χ1n) is 11.8. The van der Waals surface area contributed by atoms with E-state index in [0.29, 0.717) is 52.7 Å². The summed E-state index contributed by atoms with van der Waals surface area (Å²) in [5.74, 6) is 0.385. The van der Waals surface area contributed by atoms with Crippen LogP contribution in [-0.2, 0) is 16.2 Å². The molecule has 1 N–H and O–H groups in total. The summed E-state index contributed by atoms with van der Waals surface area (Å²) in [6.45, 7) is 5.99. The summed E-state index contributed by atoms with van der Waals surface area (Å²) in [6, 6.07) is 10.3. The normalized spacial score (nSPS) is 18.6. The van der Waals surface area contributed by atoms with Crippen LogP contribution in [0.1, 0.15) is 50.8 Å². The summed E-state index contributed by atoms with van der Waals surface area (Å²) in [4.78, 5) is 36.7. The van der Waals surface area contributed by atoms with Gasteiger partial charge in [-0.15, -0.1) is 0 Å². The Hall–Kier alpha value is -3.71. The van der Waals surface area contributed by atoms with Crippen LogP contribution in [0.2, 0.25) is 5.02 Å². The summed E-state index contributed by atoms with van der Waals surface area (Å²) < 4.78 is 5.92. The molecule has 1 atom stereocenters. The Morgan fingerprint density at radius 1 is 1.17 bits per heavy atom. The van der Waals surface area contributed by atoms with Crippen LogP contribution in [0.5, 0.6) is 5.75 Å². The molecular formula is C28H27ClN4O3. The summed E-state index contributed by atoms with van der Waals surface area (Å²) >= 11 is 6.83. The SMILES string of the molecule is CC(=O)N1c2ccncc2NC2=C(C(=O)CC(C)(C)C2)C1c1ccc(OCc2cccnc2)cc1Cl. The number of nitrogens with zero attached hydrogens (tertiary/aromatic N) is 3. The number of hydrogen-bond acceptors (Lipinski definition) is 6. The van der Waals surface area contributed by atoms with Gasteiger partial charge in [-0.2, -0.15) is 0 Å². The van der Waals surface area contributed by atoms with E-state index in [0.717, 1.165) is 11.3 Å². The second kappa shape index (κ2) is 9.39. The summed E-state index contributed by atoms with van der Waals surface area (Å²) in [7, 11) is 0. The van der Waals surface area contributed by atoms with Crippen LogP contribution in [0.25, 0.3) is 0 Å². The van der Waals surface area contributed by atoms with Crippen LogP contribution in [0.15, 0.2) is 72.5 Å². The van der Waals surface area contributed by atoms with E-state index in [1.807, 2.05) is 24.3 Å². The molecule has 1 aliphatic carbocycles. The molecule has 5 rings (SSSR count). The number of anilines is 2. The van der Waals surface area contributed by atoms with E-state index >= 15 is 0 Å². The van der Waals surface area contributed by atoms with Crippen molar-refractivity contribution in [3.63, 3.8) is 0 Å². The number of hydrogen-bond donors (Lipinski definition) is 1. The van der Waals surface area contributed by atoms with E-state index < -0.39 is 6.04 Å². The average Bonchev–Trinajstić information content (AvgIpc) is 2.97. The monoisotopic (exact) mass is 502 g/mol. The number of ether oxygens (including phenoxy) is 1. The first kappa shape index (κ1) is 24.0. The fraction of sp³-hybridized carbons (Fsp3) is 0.286. The van der Waals surface area contributed by atoms with Crippen molar-refractivity contribution in [2.45, 2.75) is 46.3 Å². The van der Waals surface area contributed by atoms with Gasteiger partial charge >= 0.3 is 0 Å². The molecule has 36 heavy (non-hydrogen) atoms. The number of allylic oxidation sites excluding steroid dienone is 1. The second-order valence-corrected chi connectivity index (χ2v) is 10.4. The molecule has 184 valence electrons. The highest BCUT2D eigenvalue weighted by Crippen LogP contribution is 2.49. The number of carbonyl (C=O) groups excluding carboxylic acids is 2. The van der Waals surface area contributed by atoms with Crippen molar-refractivity contribution < 1.29 is 14.3 Å². The molecule has 0 saturated carbocycles. The highest BCUT2D eigenvalue weighted by molar-refractivity contribution is 6.31. The third kappa shape index (κ3) is 4.58. The van der Waals surface area contributed by atoms with Crippen LogP contribution >= 0.6 is 11.6 Å². The van der Waals surface area contributed by atoms with Crippen molar-refractivity contribution in [3.05, 3.63) is 88.6 Å². The van der Waals surface area contributed by atoms with Gasteiger partial charge < -0.3 is 10.1 Å². The van der Waals surface area contributed by atoms with Crippen molar-refractivity contribution in [3.8, 4) is 5.75 Å². The molecule has 3 heterocycles. The van der Waals surface area contributed by atoms with Gasteiger partial charge in [0.1, 0.15) is 12.4 Å². The lowest BCUT2D eigenvalue weighted by atomic mass is 9.73. The van der Waals surface area contributed by atoms with Gasteiger partial charge in [-0.05, 0) is 41.7 Å². The first-order chi connectivity index (χ1) is 17.2. The number of nitrogens with one attached hydrogen (secondary N) is 1.